The largest absolute Gasteiger partial charge is 0.488 e. The smallest absolute Gasteiger partial charge is 0.487 e. The molecule has 0 saturated carbocycles. The molecule has 3 nitrogen and oxygen atoms in total. The lowest BCUT2D eigenvalue weighted by Crippen LogP contribution is -2.29. The molecule has 2 rings (SSSR count). The molecule has 2 aromatic carbocycles. The van der Waals surface area contributed by atoms with Gasteiger partial charge in [0.2, 0.25) is 0 Å². The van der Waals surface area contributed by atoms with E-state index in [2.05, 4.69) is 0 Å². The summed E-state index contributed by atoms with van der Waals surface area (Å²) in [7, 11) is -1.54. The van der Waals surface area contributed by atoms with Crippen molar-refractivity contribution >= 4 is 35.8 Å². The molecule has 0 amide bonds. The van der Waals surface area contributed by atoms with Gasteiger partial charge in [0.25, 0.3) is 0 Å². The second-order valence-electron chi connectivity index (χ2n) is 3.98. The van der Waals surface area contributed by atoms with Crippen molar-refractivity contribution in [3.8, 4) is 5.75 Å². The number of rotatable bonds is 4. The fourth-order valence-electron chi connectivity index (χ4n) is 1.58. The Balaban J connectivity index is 0.00000200. The molecule has 0 spiro atoms. The van der Waals surface area contributed by atoms with Gasteiger partial charge in [-0.15, -0.1) is 0 Å². The van der Waals surface area contributed by atoms with Crippen LogP contribution in [0, 0.1) is 0 Å². The molecule has 0 saturated heterocycles. The maximum Gasteiger partial charge on any atom is 0.488 e. The minimum Gasteiger partial charge on any atom is -0.487 e. The van der Waals surface area contributed by atoms with E-state index in [1.807, 2.05) is 12.1 Å². The highest BCUT2D eigenvalue weighted by Gasteiger charge is 2.13. The van der Waals surface area contributed by atoms with Crippen molar-refractivity contribution in [2.45, 2.75) is 6.61 Å². The van der Waals surface area contributed by atoms with E-state index >= 15 is 0 Å². The topological polar surface area (TPSA) is 49.7 Å². The molecule has 0 aliphatic rings. The van der Waals surface area contributed by atoms with Crippen LogP contribution < -0.4 is 10.2 Å². The first-order valence-electron chi connectivity index (χ1n) is 5.59. The Bertz CT molecular complexity index is 585. The summed E-state index contributed by atoms with van der Waals surface area (Å²) < 4.78 is 5.56. The third-order valence-electron chi connectivity index (χ3n) is 2.54. The minimum atomic E-state index is -1.54. The van der Waals surface area contributed by atoms with E-state index in [9.17, 15) is 0 Å². The van der Waals surface area contributed by atoms with Gasteiger partial charge >= 0.3 is 7.12 Å². The quantitative estimate of drug-likeness (QED) is 0.854. The van der Waals surface area contributed by atoms with Crippen molar-refractivity contribution in [3.05, 3.63) is 58.1 Å². The van der Waals surface area contributed by atoms with Gasteiger partial charge in [-0.05, 0) is 35.3 Å². The molecule has 0 bridgehead atoms. The average molecular weight is 301 g/mol. The summed E-state index contributed by atoms with van der Waals surface area (Å²) in [5.41, 5.74) is 1.25. The molecule has 19 heavy (non-hydrogen) atoms. The summed E-state index contributed by atoms with van der Waals surface area (Å²) in [5, 5.41) is 19.0. The first kappa shape index (κ1) is 14.2. The van der Waals surface area contributed by atoms with Gasteiger partial charge in [-0.1, -0.05) is 41.4 Å². The molecule has 0 heterocycles. The molecule has 0 atom stereocenters. The lowest BCUT2D eigenvalue weighted by Gasteiger charge is -2.09. The Morgan fingerprint density at radius 2 is 1.89 bits per heavy atom. The lowest BCUT2D eigenvalue weighted by molar-refractivity contribution is 0.306. The summed E-state index contributed by atoms with van der Waals surface area (Å²) >= 11 is 11.9. The molecule has 102 valence electrons. The van der Waals surface area contributed by atoms with Gasteiger partial charge in [-0.3, -0.25) is 0 Å². The number of hydrogen-bond acceptors (Lipinski definition) is 3. The molecule has 0 unspecified atom stereocenters. The predicted octanol–water partition coefficient (Wildman–Crippen LogP) is 2.74. The van der Waals surface area contributed by atoms with Gasteiger partial charge in [0.05, 0.1) is 5.02 Å². The van der Waals surface area contributed by atoms with Crippen molar-refractivity contribution < 1.29 is 17.6 Å². The Hall–Kier alpha value is -1.20. The average Bonchev–Trinajstić information content (AvgIpc) is 2.37. The van der Waals surface area contributed by atoms with Crippen LogP contribution in [0.25, 0.3) is 0 Å². The third-order valence-corrected chi connectivity index (χ3v) is 3.07. The molecule has 2 N–H and O–H groups in total. The van der Waals surface area contributed by atoms with Crippen molar-refractivity contribution in [2.75, 3.05) is 0 Å². The highest BCUT2D eigenvalue weighted by Crippen LogP contribution is 2.24. The standard InChI is InChI=1S/C13H11BCl2O3.2H2/c15-11-3-1-2-9(6-11)8-19-13-5-4-10(14(17)18)7-12(13)16;;/h1-7,17-18H,8H2;2*1H. The fraction of sp³-hybridized carbons (Fsp3) is 0.0769. The maximum absolute atomic E-state index is 9.02. The van der Waals surface area contributed by atoms with E-state index in [1.54, 1.807) is 24.3 Å². The number of benzene rings is 2. The van der Waals surface area contributed by atoms with Crippen molar-refractivity contribution in [1.82, 2.24) is 0 Å². The van der Waals surface area contributed by atoms with E-state index in [1.165, 1.54) is 6.07 Å². The minimum absolute atomic E-state index is 0. The Labute approximate surface area is 124 Å². The second kappa shape index (κ2) is 6.30. The summed E-state index contributed by atoms with van der Waals surface area (Å²) in [4.78, 5) is 0. The van der Waals surface area contributed by atoms with Gasteiger partial charge in [-0.25, -0.2) is 0 Å². The molecule has 0 radical (unpaired) electrons. The Morgan fingerprint density at radius 3 is 2.53 bits per heavy atom. The second-order valence-corrected chi connectivity index (χ2v) is 4.83. The van der Waals surface area contributed by atoms with Gasteiger partial charge in [-0.2, -0.15) is 0 Å². The van der Waals surface area contributed by atoms with E-state index in [0.717, 1.165) is 5.56 Å². The number of hydrogen-bond donors (Lipinski definition) is 2. The molecule has 0 aliphatic carbocycles. The summed E-state index contributed by atoms with van der Waals surface area (Å²) in [6, 6.07) is 11.9. The molecule has 0 fully saturated rings. The van der Waals surface area contributed by atoms with Crippen LogP contribution in [0.3, 0.4) is 0 Å². The number of ether oxygens (including phenoxy) is 1. The summed E-state index contributed by atoms with van der Waals surface area (Å²) in [6.07, 6.45) is 0. The third kappa shape index (κ3) is 3.88. The molecule has 0 aliphatic heterocycles. The maximum atomic E-state index is 9.02. The highest BCUT2D eigenvalue weighted by molar-refractivity contribution is 6.59. The molecule has 6 heteroatoms. The van der Waals surface area contributed by atoms with Gasteiger partial charge < -0.3 is 14.8 Å². The first-order chi connectivity index (χ1) is 9.06. The van der Waals surface area contributed by atoms with Crippen molar-refractivity contribution in [3.63, 3.8) is 0 Å². The van der Waals surface area contributed by atoms with E-state index < -0.39 is 7.12 Å². The van der Waals surface area contributed by atoms with Crippen LogP contribution in [0.2, 0.25) is 10.0 Å². The van der Waals surface area contributed by atoms with E-state index in [0.29, 0.717) is 27.9 Å². The zero-order chi connectivity index (χ0) is 13.8. The van der Waals surface area contributed by atoms with Gasteiger partial charge in [0.1, 0.15) is 12.4 Å². The van der Waals surface area contributed by atoms with Gasteiger partial charge in [0, 0.05) is 7.88 Å². The molecule has 2 aromatic rings. The summed E-state index contributed by atoms with van der Waals surface area (Å²) in [6.45, 7) is 0.335. The van der Waals surface area contributed by atoms with Crippen LogP contribution in [0.5, 0.6) is 5.75 Å². The van der Waals surface area contributed by atoms with Crippen LogP contribution in [0.4, 0.5) is 0 Å². The highest BCUT2D eigenvalue weighted by atomic mass is 35.5. The zero-order valence-corrected chi connectivity index (χ0v) is 11.4. The molecule has 0 aromatic heterocycles. The van der Waals surface area contributed by atoms with Crippen molar-refractivity contribution in [1.29, 1.82) is 0 Å². The van der Waals surface area contributed by atoms with Crippen LogP contribution in [0.15, 0.2) is 42.5 Å². The fourth-order valence-corrected chi connectivity index (χ4v) is 2.04. The van der Waals surface area contributed by atoms with Crippen molar-refractivity contribution in [2.24, 2.45) is 0 Å². The SMILES string of the molecule is OB(O)c1ccc(OCc2cccc(Cl)c2)c(Cl)c1.[HH].[HH]. The monoisotopic (exact) mass is 300 g/mol. The number of halogens is 2. The normalized spacial score (nSPS) is 10.3. The van der Waals surface area contributed by atoms with E-state index in [4.69, 9.17) is 38.0 Å². The van der Waals surface area contributed by atoms with Crippen LogP contribution in [-0.4, -0.2) is 17.2 Å². The van der Waals surface area contributed by atoms with Crippen LogP contribution in [0.1, 0.15) is 8.42 Å². The van der Waals surface area contributed by atoms with E-state index in [-0.39, 0.29) is 2.85 Å². The first-order valence-corrected chi connectivity index (χ1v) is 6.34. The molecular weight excluding hydrogens is 286 g/mol. The van der Waals surface area contributed by atoms with Gasteiger partial charge in [0.15, 0.2) is 0 Å². The Morgan fingerprint density at radius 1 is 1.11 bits per heavy atom. The van der Waals surface area contributed by atoms with Crippen LogP contribution in [-0.2, 0) is 6.61 Å². The molecular formula is C13H15BCl2O3. The summed E-state index contributed by atoms with van der Waals surface area (Å²) in [5.74, 6) is 0.478. The lowest BCUT2D eigenvalue weighted by atomic mass is 9.80. The predicted molar refractivity (Wildman–Crippen MR) is 81.3 cm³/mol. The van der Waals surface area contributed by atoms with Crippen LogP contribution >= 0.6 is 23.2 Å². The Kier molecular flexibility index (Phi) is 4.72. The zero-order valence-electron chi connectivity index (χ0n) is 9.88.